The molecule has 0 atom stereocenters. The predicted octanol–water partition coefficient (Wildman–Crippen LogP) is 4.74. The third kappa shape index (κ3) is 4.41. The number of fused-ring (bicyclic) bond motifs is 1. The van der Waals surface area contributed by atoms with Crippen molar-refractivity contribution in [3.8, 4) is 11.6 Å². The number of rotatable bonds is 6. The van der Waals surface area contributed by atoms with Gasteiger partial charge in [-0.2, -0.15) is 10.2 Å². The van der Waals surface area contributed by atoms with E-state index in [1.54, 1.807) is 13.3 Å². The van der Waals surface area contributed by atoms with Crippen LogP contribution < -0.4 is 5.32 Å². The summed E-state index contributed by atoms with van der Waals surface area (Å²) in [6.45, 7) is 4.44. The zero-order valence-electron chi connectivity index (χ0n) is 20.0. The van der Waals surface area contributed by atoms with E-state index in [4.69, 9.17) is 14.5 Å². The van der Waals surface area contributed by atoms with E-state index in [0.717, 1.165) is 22.4 Å². The monoisotopic (exact) mass is 504 g/mol. The van der Waals surface area contributed by atoms with Crippen LogP contribution in [0.5, 0.6) is 0 Å². The van der Waals surface area contributed by atoms with Crippen molar-refractivity contribution in [2.45, 2.75) is 26.6 Å². The minimum Gasteiger partial charge on any atom is -0.346 e. The molecule has 1 saturated heterocycles. The summed E-state index contributed by atoms with van der Waals surface area (Å²) in [5.41, 5.74) is 3.98. The SMILES string of the molecule is Cc1ccc(Nc2ccc3c(c2)ncn3-c2ccc(C3OCCO3)c(-n3nc(C(F)F)cc3C)n2)nn1. The third-order valence-corrected chi connectivity index (χ3v) is 5.96. The van der Waals surface area contributed by atoms with Crippen molar-refractivity contribution in [1.82, 2.24) is 34.5 Å². The molecule has 4 aromatic heterocycles. The van der Waals surface area contributed by atoms with Gasteiger partial charge in [0.25, 0.3) is 6.43 Å². The molecule has 1 N–H and O–H groups in total. The molecule has 0 aliphatic carbocycles. The van der Waals surface area contributed by atoms with E-state index in [-0.39, 0.29) is 5.69 Å². The number of imidazole rings is 1. The molecule has 0 saturated carbocycles. The number of halogens is 2. The fourth-order valence-electron chi connectivity index (χ4n) is 4.18. The van der Waals surface area contributed by atoms with Crippen molar-refractivity contribution in [3.05, 3.63) is 77.5 Å². The summed E-state index contributed by atoms with van der Waals surface area (Å²) in [6.07, 6.45) is -1.69. The lowest BCUT2D eigenvalue weighted by Gasteiger charge is -2.16. The topological polar surface area (TPSA) is 105 Å². The zero-order chi connectivity index (χ0) is 25.5. The van der Waals surface area contributed by atoms with E-state index in [1.807, 2.05) is 54.0 Å². The molecule has 5 heterocycles. The second kappa shape index (κ2) is 9.30. The molecule has 5 aromatic rings. The van der Waals surface area contributed by atoms with Gasteiger partial charge in [-0.15, -0.1) is 5.10 Å². The number of anilines is 2. The minimum atomic E-state index is -2.70. The van der Waals surface area contributed by atoms with E-state index < -0.39 is 12.7 Å². The highest BCUT2D eigenvalue weighted by molar-refractivity contribution is 5.82. The van der Waals surface area contributed by atoms with Gasteiger partial charge in [0, 0.05) is 11.4 Å². The van der Waals surface area contributed by atoms with Gasteiger partial charge in [0.05, 0.1) is 35.5 Å². The van der Waals surface area contributed by atoms with Crippen LogP contribution in [0.3, 0.4) is 0 Å². The number of pyridine rings is 1. The summed E-state index contributed by atoms with van der Waals surface area (Å²) >= 11 is 0. The molecule has 0 unspecified atom stereocenters. The van der Waals surface area contributed by atoms with Gasteiger partial charge in [-0.25, -0.2) is 23.4 Å². The first kappa shape index (κ1) is 23.1. The average Bonchev–Trinajstić information content (AvgIpc) is 3.65. The quantitative estimate of drug-likeness (QED) is 0.354. The van der Waals surface area contributed by atoms with Gasteiger partial charge in [-0.05, 0) is 62.4 Å². The maximum Gasteiger partial charge on any atom is 0.282 e. The first-order chi connectivity index (χ1) is 18.0. The third-order valence-electron chi connectivity index (χ3n) is 5.96. The van der Waals surface area contributed by atoms with Crippen molar-refractivity contribution in [1.29, 1.82) is 0 Å². The van der Waals surface area contributed by atoms with Crippen molar-refractivity contribution < 1.29 is 18.3 Å². The Labute approximate surface area is 209 Å². The second-order valence-corrected chi connectivity index (χ2v) is 8.58. The summed E-state index contributed by atoms with van der Waals surface area (Å²) in [7, 11) is 0. The molecule has 1 fully saturated rings. The number of aryl methyl sites for hydroxylation is 2. The highest BCUT2D eigenvalue weighted by Gasteiger charge is 2.26. The lowest BCUT2D eigenvalue weighted by molar-refractivity contribution is -0.0443. The smallest absolute Gasteiger partial charge is 0.282 e. The van der Waals surface area contributed by atoms with E-state index in [9.17, 15) is 8.78 Å². The number of hydrogen-bond acceptors (Lipinski definition) is 8. The predicted molar refractivity (Wildman–Crippen MR) is 130 cm³/mol. The van der Waals surface area contributed by atoms with Crippen LogP contribution in [0.2, 0.25) is 0 Å². The largest absolute Gasteiger partial charge is 0.346 e. The molecule has 188 valence electrons. The number of benzene rings is 1. The summed E-state index contributed by atoms with van der Waals surface area (Å²) in [6, 6.07) is 14.4. The molecule has 0 amide bonds. The minimum absolute atomic E-state index is 0.324. The Kier molecular flexibility index (Phi) is 5.81. The molecule has 6 rings (SSSR count). The molecule has 10 nitrogen and oxygen atoms in total. The summed E-state index contributed by atoms with van der Waals surface area (Å²) in [4.78, 5) is 9.33. The standard InChI is InChI=1S/C25H22F2N8O2/c1-14-3-7-21(32-31-14)29-16-4-6-20-18(12-16)28-13-34(20)22-8-5-17(25-36-9-10-37-25)24(30-22)35-15(2)11-19(33-35)23(26)27/h3-8,11-13,23,25H,9-10H2,1-2H3,(H,29,32). The molecule has 0 radical (unpaired) electrons. The first-order valence-corrected chi connectivity index (χ1v) is 11.6. The maximum atomic E-state index is 13.4. The van der Waals surface area contributed by atoms with Crippen LogP contribution in [0.15, 0.2) is 54.9 Å². The first-order valence-electron chi connectivity index (χ1n) is 11.6. The number of nitrogens with zero attached hydrogens (tertiary/aromatic N) is 7. The van der Waals surface area contributed by atoms with E-state index in [2.05, 4.69) is 25.6 Å². The van der Waals surface area contributed by atoms with Crippen LogP contribution in [0.1, 0.15) is 35.4 Å². The van der Waals surface area contributed by atoms with Crippen LogP contribution in [-0.2, 0) is 9.47 Å². The molecule has 1 aliphatic heterocycles. The maximum absolute atomic E-state index is 13.4. The summed E-state index contributed by atoms with van der Waals surface area (Å²) in [5.74, 6) is 1.52. The second-order valence-electron chi connectivity index (χ2n) is 8.58. The van der Waals surface area contributed by atoms with Crippen LogP contribution in [0, 0.1) is 13.8 Å². The van der Waals surface area contributed by atoms with Crippen molar-refractivity contribution in [3.63, 3.8) is 0 Å². The van der Waals surface area contributed by atoms with Gasteiger partial charge in [-0.3, -0.25) is 4.57 Å². The van der Waals surface area contributed by atoms with Crippen molar-refractivity contribution >= 4 is 22.5 Å². The number of nitrogens with one attached hydrogen (secondary N) is 1. The van der Waals surface area contributed by atoms with Crippen molar-refractivity contribution in [2.24, 2.45) is 0 Å². The number of aromatic nitrogens is 7. The van der Waals surface area contributed by atoms with Gasteiger partial charge >= 0.3 is 0 Å². The van der Waals surface area contributed by atoms with E-state index in [0.29, 0.717) is 41.9 Å². The molecule has 0 spiro atoms. The number of hydrogen-bond donors (Lipinski definition) is 1. The van der Waals surface area contributed by atoms with Crippen LogP contribution in [-0.4, -0.2) is 47.7 Å². The van der Waals surface area contributed by atoms with E-state index >= 15 is 0 Å². The lowest BCUT2D eigenvalue weighted by Crippen LogP contribution is -2.12. The van der Waals surface area contributed by atoms with E-state index in [1.165, 1.54) is 10.7 Å². The van der Waals surface area contributed by atoms with Gasteiger partial charge in [0.15, 0.2) is 17.9 Å². The average molecular weight is 505 g/mol. The molecule has 12 heteroatoms. The molecular formula is C25H22F2N8O2. The Hall–Kier alpha value is -4.29. The molecule has 1 aliphatic rings. The molecular weight excluding hydrogens is 482 g/mol. The highest BCUT2D eigenvalue weighted by atomic mass is 19.3. The molecule has 37 heavy (non-hydrogen) atoms. The Bertz CT molecular complexity index is 1580. The normalized spacial score (nSPS) is 14.2. The Morgan fingerprint density at radius 2 is 1.84 bits per heavy atom. The highest BCUT2D eigenvalue weighted by Crippen LogP contribution is 2.31. The van der Waals surface area contributed by atoms with Gasteiger partial charge in [0.1, 0.15) is 17.8 Å². The Morgan fingerprint density at radius 1 is 1.00 bits per heavy atom. The molecule has 0 bridgehead atoms. The van der Waals surface area contributed by atoms with Crippen molar-refractivity contribution in [2.75, 3.05) is 18.5 Å². The Morgan fingerprint density at radius 3 is 2.57 bits per heavy atom. The van der Waals surface area contributed by atoms with Crippen LogP contribution in [0.25, 0.3) is 22.7 Å². The van der Waals surface area contributed by atoms with Gasteiger partial charge in [0.2, 0.25) is 0 Å². The number of ether oxygens (including phenoxy) is 2. The summed E-state index contributed by atoms with van der Waals surface area (Å²) < 4.78 is 41.3. The van der Waals surface area contributed by atoms with Gasteiger partial charge < -0.3 is 14.8 Å². The fraction of sp³-hybridized carbons (Fsp3) is 0.240. The number of alkyl halides is 2. The van der Waals surface area contributed by atoms with Crippen LogP contribution in [0.4, 0.5) is 20.3 Å². The lowest BCUT2D eigenvalue weighted by atomic mass is 10.2. The molecule has 1 aromatic carbocycles. The summed E-state index contributed by atoms with van der Waals surface area (Å²) in [5, 5.41) is 15.5. The van der Waals surface area contributed by atoms with Gasteiger partial charge in [-0.1, -0.05) is 0 Å². The zero-order valence-corrected chi connectivity index (χ0v) is 20.0. The van der Waals surface area contributed by atoms with Crippen LogP contribution >= 0.6 is 0 Å². The fourth-order valence-corrected chi connectivity index (χ4v) is 4.18. The Balaban J connectivity index is 1.39.